The highest BCUT2D eigenvalue weighted by atomic mass is 16.3. The van der Waals surface area contributed by atoms with Gasteiger partial charge in [0, 0.05) is 17.8 Å². The van der Waals surface area contributed by atoms with Crippen molar-refractivity contribution in [2.24, 2.45) is 0 Å². The lowest BCUT2D eigenvalue weighted by Crippen LogP contribution is -2.13. The Hall–Kier alpha value is -2.49. The van der Waals surface area contributed by atoms with E-state index in [-0.39, 0.29) is 11.3 Å². The van der Waals surface area contributed by atoms with Crippen molar-refractivity contribution in [3.8, 4) is 0 Å². The maximum Gasteiger partial charge on any atom is 0.272 e. The van der Waals surface area contributed by atoms with Crippen LogP contribution in [0.25, 0.3) is 11.1 Å². The monoisotopic (exact) mass is 282 g/mol. The third-order valence-electron chi connectivity index (χ3n) is 3.49. The molecular formula is C17H18N2O2. The average Bonchev–Trinajstić information content (AvgIpc) is 2.98. The van der Waals surface area contributed by atoms with Gasteiger partial charge in [0.2, 0.25) is 0 Å². The van der Waals surface area contributed by atoms with E-state index < -0.39 is 0 Å². The Kier molecular flexibility index (Phi) is 3.09. The predicted molar refractivity (Wildman–Crippen MR) is 83.7 cm³/mol. The Morgan fingerprint density at radius 1 is 1.14 bits per heavy atom. The van der Waals surface area contributed by atoms with Gasteiger partial charge in [-0.05, 0) is 23.1 Å². The number of aromatic amines is 1. The number of aromatic nitrogens is 1. The summed E-state index contributed by atoms with van der Waals surface area (Å²) in [7, 11) is 0. The van der Waals surface area contributed by atoms with Crippen molar-refractivity contribution < 1.29 is 9.21 Å². The van der Waals surface area contributed by atoms with E-state index in [2.05, 4.69) is 31.1 Å². The minimum atomic E-state index is -0.176. The Labute approximate surface area is 123 Å². The van der Waals surface area contributed by atoms with Gasteiger partial charge in [-0.25, -0.2) is 0 Å². The summed E-state index contributed by atoms with van der Waals surface area (Å²) >= 11 is 0. The van der Waals surface area contributed by atoms with Crippen LogP contribution in [-0.4, -0.2) is 10.9 Å². The minimum absolute atomic E-state index is 0.104. The molecule has 1 aromatic carbocycles. The quantitative estimate of drug-likeness (QED) is 0.735. The number of furan rings is 1. The lowest BCUT2D eigenvalue weighted by atomic mass is 9.87. The third kappa shape index (κ3) is 2.70. The van der Waals surface area contributed by atoms with Crippen LogP contribution in [-0.2, 0) is 5.41 Å². The maximum atomic E-state index is 12.2. The van der Waals surface area contributed by atoms with Crippen LogP contribution in [0.15, 0.2) is 47.1 Å². The molecule has 2 aromatic heterocycles. The van der Waals surface area contributed by atoms with E-state index >= 15 is 0 Å². The standard InChI is InChI=1S/C17H18N2O2/c1-17(2,3)11-4-6-12(7-5-11)18-16(20)14-10-15-13(19-14)8-9-21-15/h4-10,19H,1-3H3,(H,18,20). The molecule has 21 heavy (non-hydrogen) atoms. The maximum absolute atomic E-state index is 12.2. The molecule has 0 aliphatic carbocycles. The summed E-state index contributed by atoms with van der Waals surface area (Å²) in [6.45, 7) is 6.48. The van der Waals surface area contributed by atoms with Gasteiger partial charge in [-0.3, -0.25) is 4.79 Å². The normalized spacial score (nSPS) is 11.8. The Morgan fingerprint density at radius 3 is 2.48 bits per heavy atom. The van der Waals surface area contributed by atoms with Crippen molar-refractivity contribution in [2.45, 2.75) is 26.2 Å². The number of anilines is 1. The molecule has 0 bridgehead atoms. The molecule has 0 spiro atoms. The van der Waals surface area contributed by atoms with E-state index in [1.54, 1.807) is 18.4 Å². The van der Waals surface area contributed by atoms with Crippen LogP contribution in [0.2, 0.25) is 0 Å². The average molecular weight is 282 g/mol. The Balaban J connectivity index is 1.76. The van der Waals surface area contributed by atoms with Gasteiger partial charge in [-0.1, -0.05) is 32.9 Å². The smallest absolute Gasteiger partial charge is 0.272 e. The first-order chi connectivity index (χ1) is 9.93. The molecule has 0 radical (unpaired) electrons. The van der Waals surface area contributed by atoms with Crippen molar-refractivity contribution in [3.05, 3.63) is 53.9 Å². The van der Waals surface area contributed by atoms with Crippen LogP contribution in [0.3, 0.4) is 0 Å². The van der Waals surface area contributed by atoms with Crippen LogP contribution < -0.4 is 5.32 Å². The van der Waals surface area contributed by atoms with Crippen LogP contribution in [0.5, 0.6) is 0 Å². The van der Waals surface area contributed by atoms with E-state index in [1.807, 2.05) is 24.3 Å². The molecule has 3 aromatic rings. The summed E-state index contributed by atoms with van der Waals surface area (Å²) in [5.41, 5.74) is 4.11. The van der Waals surface area contributed by atoms with Gasteiger partial charge in [0.25, 0.3) is 5.91 Å². The van der Waals surface area contributed by atoms with Crippen molar-refractivity contribution in [2.75, 3.05) is 5.32 Å². The number of carbonyl (C=O) groups excluding carboxylic acids is 1. The molecule has 0 fully saturated rings. The first kappa shape index (κ1) is 13.5. The molecule has 0 atom stereocenters. The van der Waals surface area contributed by atoms with E-state index in [1.165, 1.54) is 5.56 Å². The zero-order valence-corrected chi connectivity index (χ0v) is 12.4. The molecule has 3 rings (SSSR count). The minimum Gasteiger partial charge on any atom is -0.463 e. The summed E-state index contributed by atoms with van der Waals surface area (Å²) in [5.74, 6) is -0.176. The number of hydrogen-bond acceptors (Lipinski definition) is 2. The zero-order chi connectivity index (χ0) is 15.0. The van der Waals surface area contributed by atoms with Gasteiger partial charge in [-0.2, -0.15) is 0 Å². The molecule has 0 aliphatic rings. The molecule has 0 aliphatic heterocycles. The van der Waals surface area contributed by atoms with Gasteiger partial charge in [0.15, 0.2) is 5.58 Å². The molecule has 0 saturated heterocycles. The molecule has 0 saturated carbocycles. The molecular weight excluding hydrogens is 264 g/mol. The van der Waals surface area contributed by atoms with E-state index in [4.69, 9.17) is 4.42 Å². The summed E-state index contributed by atoms with van der Waals surface area (Å²) in [6, 6.07) is 11.4. The molecule has 2 N–H and O–H groups in total. The topological polar surface area (TPSA) is 58.0 Å². The molecule has 108 valence electrons. The first-order valence-electron chi connectivity index (χ1n) is 6.91. The van der Waals surface area contributed by atoms with Crippen molar-refractivity contribution >= 4 is 22.7 Å². The molecule has 2 heterocycles. The largest absolute Gasteiger partial charge is 0.463 e. The van der Waals surface area contributed by atoms with Crippen LogP contribution in [0, 0.1) is 0 Å². The number of hydrogen-bond donors (Lipinski definition) is 2. The van der Waals surface area contributed by atoms with E-state index in [0.717, 1.165) is 11.2 Å². The number of rotatable bonds is 2. The number of H-pyrrole nitrogens is 1. The molecule has 1 amide bonds. The third-order valence-corrected chi connectivity index (χ3v) is 3.49. The predicted octanol–water partition coefficient (Wildman–Crippen LogP) is 4.31. The summed E-state index contributed by atoms with van der Waals surface area (Å²) in [4.78, 5) is 15.2. The zero-order valence-electron chi connectivity index (χ0n) is 12.4. The van der Waals surface area contributed by atoms with Gasteiger partial charge in [0.1, 0.15) is 5.69 Å². The second kappa shape index (κ2) is 4.81. The number of nitrogens with one attached hydrogen (secondary N) is 2. The fourth-order valence-corrected chi connectivity index (χ4v) is 2.22. The molecule has 0 unspecified atom stereocenters. The number of fused-ring (bicyclic) bond motifs is 1. The lowest BCUT2D eigenvalue weighted by molar-refractivity contribution is 0.102. The molecule has 4 nitrogen and oxygen atoms in total. The van der Waals surface area contributed by atoms with Crippen molar-refractivity contribution in [1.82, 2.24) is 4.98 Å². The number of benzene rings is 1. The highest BCUT2D eigenvalue weighted by Gasteiger charge is 2.14. The van der Waals surface area contributed by atoms with Crippen LogP contribution >= 0.6 is 0 Å². The van der Waals surface area contributed by atoms with Crippen LogP contribution in [0.4, 0.5) is 5.69 Å². The number of carbonyl (C=O) groups is 1. The van der Waals surface area contributed by atoms with Crippen molar-refractivity contribution in [3.63, 3.8) is 0 Å². The fraction of sp³-hybridized carbons (Fsp3) is 0.235. The molecule has 4 heteroatoms. The van der Waals surface area contributed by atoms with Gasteiger partial charge in [-0.15, -0.1) is 0 Å². The lowest BCUT2D eigenvalue weighted by Gasteiger charge is -2.19. The number of amides is 1. The highest BCUT2D eigenvalue weighted by molar-refractivity contribution is 6.05. The summed E-state index contributed by atoms with van der Waals surface area (Å²) in [6.07, 6.45) is 1.59. The SMILES string of the molecule is CC(C)(C)c1ccc(NC(=O)c2cc3occc3[nH]2)cc1. The van der Waals surface area contributed by atoms with E-state index in [0.29, 0.717) is 11.3 Å². The van der Waals surface area contributed by atoms with E-state index in [9.17, 15) is 4.79 Å². The Bertz CT molecular complexity index is 745. The van der Waals surface area contributed by atoms with Gasteiger partial charge < -0.3 is 14.7 Å². The fourth-order valence-electron chi connectivity index (χ4n) is 2.22. The second-order valence-electron chi connectivity index (χ2n) is 6.16. The Morgan fingerprint density at radius 2 is 1.86 bits per heavy atom. The first-order valence-corrected chi connectivity index (χ1v) is 6.91. The van der Waals surface area contributed by atoms with Crippen molar-refractivity contribution in [1.29, 1.82) is 0 Å². The van der Waals surface area contributed by atoms with Gasteiger partial charge in [0.05, 0.1) is 11.8 Å². The van der Waals surface area contributed by atoms with Crippen LogP contribution in [0.1, 0.15) is 36.8 Å². The summed E-state index contributed by atoms with van der Waals surface area (Å²) < 4.78 is 5.24. The second-order valence-corrected chi connectivity index (χ2v) is 6.16. The summed E-state index contributed by atoms with van der Waals surface area (Å²) in [5, 5.41) is 2.88. The van der Waals surface area contributed by atoms with Gasteiger partial charge >= 0.3 is 0 Å². The highest BCUT2D eigenvalue weighted by Crippen LogP contribution is 2.24.